The summed E-state index contributed by atoms with van der Waals surface area (Å²) in [5, 5.41) is 32.7. The summed E-state index contributed by atoms with van der Waals surface area (Å²) >= 11 is 6.23. The van der Waals surface area contributed by atoms with Gasteiger partial charge in [-0.15, -0.1) is 0 Å². The highest BCUT2D eigenvalue weighted by Gasteiger charge is 2.64. The number of nitriles is 1. The van der Waals surface area contributed by atoms with E-state index in [1.807, 2.05) is 24.3 Å². The smallest absolute Gasteiger partial charge is 0.269 e. The maximum Gasteiger partial charge on any atom is 0.269 e. The Morgan fingerprint density at radius 3 is 2.43 bits per heavy atom. The lowest BCUT2D eigenvalue weighted by Gasteiger charge is -2.63. The van der Waals surface area contributed by atoms with E-state index in [9.17, 15) is 24.8 Å². The zero-order chi connectivity index (χ0) is 38.6. The number of halogens is 1. The molecule has 0 spiro atoms. The minimum atomic E-state index is -1.14. The fourth-order valence-electron chi connectivity index (χ4n) is 8.22. The fraction of sp³-hybridized carbons (Fsp3) is 0.513. The summed E-state index contributed by atoms with van der Waals surface area (Å²) in [6, 6.07) is 15.6. The van der Waals surface area contributed by atoms with E-state index in [1.165, 1.54) is 16.9 Å². The van der Waals surface area contributed by atoms with Gasteiger partial charge in [0.2, 0.25) is 5.91 Å². The van der Waals surface area contributed by atoms with E-state index in [0.717, 1.165) is 38.4 Å². The van der Waals surface area contributed by atoms with Gasteiger partial charge in [-0.3, -0.25) is 19.3 Å². The molecule has 2 aliphatic heterocycles. The molecule has 4 N–H and O–H groups in total. The van der Waals surface area contributed by atoms with Gasteiger partial charge in [0.05, 0.1) is 35.7 Å². The highest BCUT2D eigenvalue weighted by atomic mass is 35.5. The first-order valence-electron chi connectivity index (χ1n) is 18.4. The van der Waals surface area contributed by atoms with Gasteiger partial charge in [0, 0.05) is 85.9 Å². The second-order valence-corrected chi connectivity index (χ2v) is 15.8. The molecule has 2 aromatic carbocycles. The first-order chi connectivity index (χ1) is 25.8. The second-order valence-electron chi connectivity index (χ2n) is 15.4. The lowest BCUT2D eigenvalue weighted by Crippen LogP contribution is -2.74. The number of rotatable bonds is 13. The molecule has 3 aromatic rings. The van der Waals surface area contributed by atoms with Crippen molar-refractivity contribution in [1.29, 1.82) is 5.26 Å². The molecule has 1 aliphatic carbocycles. The van der Waals surface area contributed by atoms with E-state index in [4.69, 9.17) is 21.1 Å². The average molecular weight is 761 g/mol. The Bertz CT molecular complexity index is 1900. The van der Waals surface area contributed by atoms with E-state index in [1.54, 1.807) is 18.2 Å². The number of amides is 2. The van der Waals surface area contributed by atoms with Gasteiger partial charge in [-0.25, -0.2) is 4.68 Å². The molecule has 6 rings (SSSR count). The van der Waals surface area contributed by atoms with Crippen LogP contribution in [0.5, 0.6) is 5.75 Å². The monoisotopic (exact) mass is 760 g/mol. The van der Waals surface area contributed by atoms with Crippen LogP contribution in [0.4, 0.5) is 11.4 Å². The van der Waals surface area contributed by atoms with Crippen molar-refractivity contribution >= 4 is 34.8 Å². The molecule has 14 nitrogen and oxygen atoms in total. The maximum absolute atomic E-state index is 13.4. The summed E-state index contributed by atoms with van der Waals surface area (Å²) < 4.78 is 13.4. The van der Waals surface area contributed by atoms with Crippen LogP contribution in [0.3, 0.4) is 0 Å². The molecule has 1 saturated carbocycles. The molecule has 2 unspecified atom stereocenters. The van der Waals surface area contributed by atoms with E-state index >= 15 is 0 Å². The van der Waals surface area contributed by atoms with Crippen molar-refractivity contribution in [3.63, 3.8) is 0 Å². The molecule has 3 aliphatic rings. The highest BCUT2D eigenvalue weighted by Crippen LogP contribution is 2.55. The standard InChI is InChI=1S/C39H49ClN8O6/c1-38(2)36(39(3,4)37(38)54-29-10-7-26(23-41)30(40)22-29)45-34(51)25-5-8-28(9-6-25)47-16-14-46(15-17-47)18-20-53-19-13-42-27-21-33(50)48(43-24-27)31-11-12-32(49)44-35(31)52/h5-10,21-22,24,31,35-37,42,52H,11-20H2,1-4H3,(H,44,49)(H,45,51)/t31?,35?,36-,37-. The fourth-order valence-corrected chi connectivity index (χ4v) is 8.43. The van der Waals surface area contributed by atoms with Crippen molar-refractivity contribution in [2.45, 2.75) is 65.0 Å². The molecule has 2 amide bonds. The minimum absolute atomic E-state index is 0.121. The number of aliphatic hydroxyl groups is 1. The van der Waals surface area contributed by atoms with Crippen molar-refractivity contribution in [3.8, 4) is 11.8 Å². The van der Waals surface area contributed by atoms with Gasteiger partial charge in [0.25, 0.3) is 11.5 Å². The predicted octanol–water partition coefficient (Wildman–Crippen LogP) is 3.40. The van der Waals surface area contributed by atoms with Crippen molar-refractivity contribution < 1.29 is 24.2 Å². The molecule has 3 heterocycles. The first-order valence-corrected chi connectivity index (χ1v) is 18.8. The van der Waals surface area contributed by atoms with Gasteiger partial charge >= 0.3 is 0 Å². The molecule has 15 heteroatoms. The molecule has 3 fully saturated rings. The Morgan fingerprint density at radius 2 is 1.78 bits per heavy atom. The molecule has 0 radical (unpaired) electrons. The lowest BCUT2D eigenvalue weighted by molar-refractivity contribution is -0.164. The number of carbonyl (C=O) groups is 2. The van der Waals surface area contributed by atoms with Gasteiger partial charge in [-0.1, -0.05) is 39.3 Å². The predicted molar refractivity (Wildman–Crippen MR) is 205 cm³/mol. The molecule has 2 atom stereocenters. The normalized spacial score (nSPS) is 23.4. The zero-order valence-corrected chi connectivity index (χ0v) is 31.9. The van der Waals surface area contributed by atoms with Crippen LogP contribution < -0.4 is 31.1 Å². The lowest BCUT2D eigenvalue weighted by atomic mass is 9.49. The van der Waals surface area contributed by atoms with Crippen LogP contribution in [0, 0.1) is 22.2 Å². The van der Waals surface area contributed by atoms with Gasteiger partial charge in [-0.05, 0) is 42.8 Å². The number of piperazine rings is 1. The average Bonchev–Trinajstić information content (AvgIpc) is 3.15. The van der Waals surface area contributed by atoms with Crippen LogP contribution in [-0.2, 0) is 9.53 Å². The summed E-state index contributed by atoms with van der Waals surface area (Å²) in [5.41, 5.74) is 1.60. The minimum Gasteiger partial charge on any atom is -0.489 e. The van der Waals surface area contributed by atoms with Crippen LogP contribution in [-0.4, -0.2) is 102 Å². The summed E-state index contributed by atoms with van der Waals surface area (Å²) in [5.74, 6) is 0.233. The number of nitrogens with one attached hydrogen (secondary N) is 3. The Hall–Kier alpha value is -4.68. The Labute approximate surface area is 320 Å². The maximum atomic E-state index is 13.4. The first kappa shape index (κ1) is 39.0. The molecule has 1 aromatic heterocycles. The van der Waals surface area contributed by atoms with Crippen LogP contribution in [0.15, 0.2) is 59.5 Å². The van der Waals surface area contributed by atoms with Crippen molar-refractivity contribution in [2.75, 3.05) is 62.7 Å². The van der Waals surface area contributed by atoms with Crippen LogP contribution >= 0.6 is 11.6 Å². The molecule has 0 bridgehead atoms. The van der Waals surface area contributed by atoms with Crippen LogP contribution in [0.1, 0.15) is 62.5 Å². The van der Waals surface area contributed by atoms with E-state index in [2.05, 4.69) is 64.6 Å². The van der Waals surface area contributed by atoms with Crippen LogP contribution in [0.2, 0.25) is 5.02 Å². The van der Waals surface area contributed by atoms with Gasteiger partial charge in [0.15, 0.2) is 0 Å². The summed E-state index contributed by atoms with van der Waals surface area (Å²) in [4.78, 5) is 42.1. The summed E-state index contributed by atoms with van der Waals surface area (Å²) in [6.45, 7) is 14.3. The van der Waals surface area contributed by atoms with Gasteiger partial charge < -0.3 is 35.4 Å². The quantitative estimate of drug-likeness (QED) is 0.188. The van der Waals surface area contributed by atoms with Crippen molar-refractivity contribution in [2.24, 2.45) is 10.8 Å². The number of aromatic nitrogens is 2. The van der Waals surface area contributed by atoms with E-state index < -0.39 is 12.3 Å². The number of aliphatic hydroxyl groups excluding tert-OH is 1. The Morgan fingerprint density at radius 1 is 1.06 bits per heavy atom. The van der Waals surface area contributed by atoms with Gasteiger partial charge in [-0.2, -0.15) is 10.4 Å². The molecular formula is C39H49ClN8O6. The number of carbonyl (C=O) groups excluding carboxylic acids is 2. The third-order valence-corrected chi connectivity index (χ3v) is 11.2. The summed E-state index contributed by atoms with van der Waals surface area (Å²) in [6.07, 6.45) is 0.798. The molecular weight excluding hydrogens is 712 g/mol. The molecule has 2 saturated heterocycles. The summed E-state index contributed by atoms with van der Waals surface area (Å²) in [7, 11) is 0. The third-order valence-electron chi connectivity index (χ3n) is 10.9. The van der Waals surface area contributed by atoms with E-state index in [-0.39, 0.29) is 46.8 Å². The van der Waals surface area contributed by atoms with E-state index in [0.29, 0.717) is 53.8 Å². The highest BCUT2D eigenvalue weighted by molar-refractivity contribution is 6.31. The van der Waals surface area contributed by atoms with Gasteiger partial charge in [0.1, 0.15) is 30.2 Å². The second kappa shape index (κ2) is 16.4. The topological polar surface area (TPSA) is 174 Å². The Balaban J connectivity index is 0.889. The molecule has 288 valence electrons. The number of ether oxygens (including phenoxy) is 2. The number of anilines is 2. The number of hydrogen-bond acceptors (Lipinski definition) is 11. The molecule has 54 heavy (non-hydrogen) atoms. The zero-order valence-electron chi connectivity index (χ0n) is 31.2. The number of benzene rings is 2. The SMILES string of the molecule is CC1(C)[C@H](NC(=O)c2ccc(N3CCN(CCOCCNc4cnn(C5CCC(=O)NC5O)c(=O)c4)CC3)cc2)C(C)(C)[C@H]1Oc1ccc(C#N)c(Cl)c1. The Kier molecular flexibility index (Phi) is 11.8. The number of nitrogens with zero attached hydrogens (tertiary/aromatic N) is 5. The number of hydrogen-bond donors (Lipinski definition) is 4. The third kappa shape index (κ3) is 8.50. The van der Waals surface area contributed by atoms with Crippen LogP contribution in [0.25, 0.3) is 0 Å². The largest absolute Gasteiger partial charge is 0.489 e. The van der Waals surface area contributed by atoms with Crippen molar-refractivity contribution in [3.05, 3.63) is 81.2 Å². The number of piperidine rings is 1. The van der Waals surface area contributed by atoms with Crippen molar-refractivity contribution in [1.82, 2.24) is 25.3 Å².